The van der Waals surface area contributed by atoms with Crippen LogP contribution in [0.3, 0.4) is 0 Å². The Morgan fingerprint density at radius 2 is 1.47 bits per heavy atom. The normalized spacial score (nSPS) is 13.5. The van der Waals surface area contributed by atoms with E-state index in [2.05, 4.69) is 25.1 Å². The van der Waals surface area contributed by atoms with Crippen LogP contribution >= 0.6 is 11.6 Å². The minimum Gasteiger partial charge on any atom is -0.264 e. The molecular weight excluding hydrogens is 492 g/mol. The van der Waals surface area contributed by atoms with E-state index in [1.807, 2.05) is 45.9 Å². The summed E-state index contributed by atoms with van der Waals surface area (Å²) in [6.45, 7) is 12.1. The molecule has 0 unspecified atom stereocenters. The largest absolute Gasteiger partial charge is 0.359 e. The highest BCUT2D eigenvalue weighted by atomic mass is 35.5. The zero-order chi connectivity index (χ0) is 26.6. The fraction of sp³-hybridized carbons (Fsp3) is 0.310. The van der Waals surface area contributed by atoms with E-state index in [9.17, 15) is 13.7 Å². The molecule has 0 spiro atoms. The van der Waals surface area contributed by atoms with E-state index in [-0.39, 0.29) is 22.6 Å². The van der Waals surface area contributed by atoms with Crippen LogP contribution in [-0.4, -0.2) is 14.1 Å². The van der Waals surface area contributed by atoms with Crippen molar-refractivity contribution in [3.05, 3.63) is 93.6 Å². The number of nitrogens with zero attached hydrogens (tertiary/aromatic N) is 2. The monoisotopic (exact) mass is 522 g/mol. The summed E-state index contributed by atoms with van der Waals surface area (Å²) in [5.41, 5.74) is 4.53. The van der Waals surface area contributed by atoms with Crippen LogP contribution in [0.25, 0.3) is 5.57 Å². The van der Waals surface area contributed by atoms with Gasteiger partial charge in [-0.1, -0.05) is 101 Å². The van der Waals surface area contributed by atoms with Gasteiger partial charge in [-0.3, -0.25) is 4.28 Å². The van der Waals surface area contributed by atoms with Gasteiger partial charge >= 0.3 is 10.1 Å². The van der Waals surface area contributed by atoms with Gasteiger partial charge in [-0.2, -0.15) is 13.7 Å². The second-order valence-electron chi connectivity index (χ2n) is 9.63. The maximum absolute atomic E-state index is 13.4. The van der Waals surface area contributed by atoms with Gasteiger partial charge < -0.3 is 0 Å². The molecular formula is C29H31ClN2O3S. The molecule has 0 atom stereocenters. The van der Waals surface area contributed by atoms with Gasteiger partial charge in [0, 0.05) is 10.6 Å². The number of benzene rings is 2. The van der Waals surface area contributed by atoms with E-state index in [1.165, 1.54) is 0 Å². The van der Waals surface area contributed by atoms with Gasteiger partial charge in [-0.05, 0) is 58.2 Å². The van der Waals surface area contributed by atoms with Crippen LogP contribution < -0.4 is 0 Å². The van der Waals surface area contributed by atoms with Gasteiger partial charge in [0.05, 0.1) is 5.57 Å². The van der Waals surface area contributed by atoms with Crippen molar-refractivity contribution in [1.29, 1.82) is 5.26 Å². The first kappa shape index (κ1) is 27.4. The Morgan fingerprint density at radius 3 is 1.94 bits per heavy atom. The van der Waals surface area contributed by atoms with Gasteiger partial charge in [-0.25, -0.2) is 0 Å². The molecule has 36 heavy (non-hydrogen) atoms. The number of nitriles is 1. The van der Waals surface area contributed by atoms with Crippen molar-refractivity contribution in [2.45, 2.75) is 64.2 Å². The number of oxime groups is 1. The molecule has 1 aliphatic rings. The number of allylic oxidation sites excluding steroid dienone is 6. The summed E-state index contributed by atoms with van der Waals surface area (Å²) in [5.74, 6) is 0.235. The van der Waals surface area contributed by atoms with Gasteiger partial charge in [-0.15, -0.1) is 0 Å². The van der Waals surface area contributed by atoms with E-state index in [1.54, 1.807) is 42.5 Å². The molecule has 0 heterocycles. The molecule has 188 valence electrons. The van der Waals surface area contributed by atoms with Crippen LogP contribution in [0.5, 0.6) is 0 Å². The smallest absolute Gasteiger partial charge is 0.264 e. The van der Waals surface area contributed by atoms with Crippen molar-refractivity contribution in [3.8, 4) is 6.07 Å². The molecule has 0 aliphatic heterocycles. The summed E-state index contributed by atoms with van der Waals surface area (Å²) in [4.78, 5) is 0.191. The highest BCUT2D eigenvalue weighted by Gasteiger charge is 2.28. The fourth-order valence-corrected chi connectivity index (χ4v) is 5.60. The predicted octanol–water partition coefficient (Wildman–Crippen LogP) is 7.87. The lowest BCUT2D eigenvalue weighted by molar-refractivity contribution is 0.338. The molecule has 0 amide bonds. The third kappa shape index (κ3) is 5.98. The van der Waals surface area contributed by atoms with Crippen LogP contribution in [0.4, 0.5) is 0 Å². The van der Waals surface area contributed by atoms with E-state index in [4.69, 9.17) is 15.9 Å². The first-order chi connectivity index (χ1) is 17.0. The SMILES string of the molecule is CC(C)c1cc(C(C)C)c(S(=O)(=O)ON=C2C=CC(=C(C#N)c3ccccc3Cl)C=C2)c(C(C)C)c1. The molecule has 5 nitrogen and oxygen atoms in total. The van der Waals surface area contributed by atoms with E-state index in [0.29, 0.717) is 27.4 Å². The molecule has 0 radical (unpaired) electrons. The van der Waals surface area contributed by atoms with Crippen molar-refractivity contribution in [2.24, 2.45) is 5.16 Å². The second kappa shape index (κ2) is 11.3. The minimum absolute atomic E-state index is 0.0152. The first-order valence-corrected chi connectivity index (χ1v) is 13.7. The van der Waals surface area contributed by atoms with Crippen molar-refractivity contribution >= 4 is 33.0 Å². The molecule has 2 aromatic carbocycles. The Hall–Kier alpha value is -3.14. The van der Waals surface area contributed by atoms with Gasteiger partial charge in [0.15, 0.2) is 0 Å². The lowest BCUT2D eigenvalue weighted by atomic mass is 9.89. The van der Waals surface area contributed by atoms with Gasteiger partial charge in [0.1, 0.15) is 16.7 Å². The highest BCUT2D eigenvalue weighted by Crippen LogP contribution is 2.36. The molecule has 0 N–H and O–H groups in total. The van der Waals surface area contributed by atoms with E-state index < -0.39 is 10.1 Å². The van der Waals surface area contributed by atoms with E-state index >= 15 is 0 Å². The van der Waals surface area contributed by atoms with Crippen LogP contribution in [0.2, 0.25) is 5.02 Å². The molecule has 0 fully saturated rings. The van der Waals surface area contributed by atoms with Crippen molar-refractivity contribution in [1.82, 2.24) is 0 Å². The Labute approximate surface area is 219 Å². The molecule has 0 bridgehead atoms. The molecule has 0 aromatic heterocycles. The predicted molar refractivity (Wildman–Crippen MR) is 147 cm³/mol. The fourth-order valence-electron chi connectivity index (χ4n) is 3.94. The lowest BCUT2D eigenvalue weighted by Gasteiger charge is -2.21. The van der Waals surface area contributed by atoms with Crippen molar-refractivity contribution in [3.63, 3.8) is 0 Å². The summed E-state index contributed by atoms with van der Waals surface area (Å²) in [5, 5.41) is 14.1. The summed E-state index contributed by atoms with van der Waals surface area (Å²) in [6, 6.07) is 13.2. The number of halogens is 1. The zero-order valence-electron chi connectivity index (χ0n) is 21.4. The summed E-state index contributed by atoms with van der Waals surface area (Å²) in [7, 11) is -4.17. The van der Waals surface area contributed by atoms with Crippen LogP contribution in [-0.2, 0) is 14.4 Å². The maximum atomic E-state index is 13.4. The quantitative estimate of drug-likeness (QED) is 0.273. The minimum atomic E-state index is -4.17. The third-order valence-electron chi connectivity index (χ3n) is 5.98. The Bertz CT molecular complexity index is 1380. The number of hydrogen-bond donors (Lipinski definition) is 0. The van der Waals surface area contributed by atoms with Gasteiger partial charge in [0.25, 0.3) is 0 Å². The standard InChI is InChI=1S/C29H31ClN2O3S/c1-18(2)22-15-25(19(3)4)29(26(16-22)20(5)6)36(33,34)35-32-23-13-11-21(12-14-23)27(17-31)24-9-7-8-10-28(24)30/h7-16,18-20H,1-6H3. The molecule has 3 rings (SSSR count). The summed E-state index contributed by atoms with van der Waals surface area (Å²) >= 11 is 6.26. The summed E-state index contributed by atoms with van der Waals surface area (Å²) in [6.07, 6.45) is 6.58. The highest BCUT2D eigenvalue weighted by molar-refractivity contribution is 7.86. The lowest BCUT2D eigenvalue weighted by Crippen LogP contribution is -2.14. The average molecular weight is 523 g/mol. The number of rotatable bonds is 7. The third-order valence-corrected chi connectivity index (χ3v) is 7.55. The van der Waals surface area contributed by atoms with Gasteiger partial charge in [0.2, 0.25) is 0 Å². The Kier molecular flexibility index (Phi) is 8.60. The van der Waals surface area contributed by atoms with Crippen LogP contribution in [0.1, 0.15) is 81.5 Å². The van der Waals surface area contributed by atoms with Crippen LogP contribution in [0.15, 0.2) is 76.3 Å². The van der Waals surface area contributed by atoms with Crippen molar-refractivity contribution < 1.29 is 12.7 Å². The number of hydrogen-bond acceptors (Lipinski definition) is 5. The molecule has 2 aromatic rings. The zero-order valence-corrected chi connectivity index (χ0v) is 23.0. The molecule has 7 heteroatoms. The van der Waals surface area contributed by atoms with Crippen LogP contribution in [0, 0.1) is 11.3 Å². The average Bonchev–Trinajstić information content (AvgIpc) is 2.84. The molecule has 0 saturated heterocycles. The Morgan fingerprint density at radius 1 is 0.917 bits per heavy atom. The van der Waals surface area contributed by atoms with Crippen molar-refractivity contribution in [2.75, 3.05) is 0 Å². The Balaban J connectivity index is 1.97. The van der Waals surface area contributed by atoms with E-state index in [0.717, 1.165) is 16.7 Å². The second-order valence-corrected chi connectivity index (χ2v) is 11.5. The first-order valence-electron chi connectivity index (χ1n) is 11.9. The maximum Gasteiger partial charge on any atom is 0.359 e. The summed E-state index contributed by atoms with van der Waals surface area (Å²) < 4.78 is 32.0. The topological polar surface area (TPSA) is 79.5 Å². The molecule has 1 aliphatic carbocycles. The molecule has 0 saturated carbocycles.